The van der Waals surface area contributed by atoms with Crippen molar-refractivity contribution in [1.82, 2.24) is 0 Å². The van der Waals surface area contributed by atoms with Gasteiger partial charge < -0.3 is 15.6 Å². The third-order valence-corrected chi connectivity index (χ3v) is 3.44. The van der Waals surface area contributed by atoms with Gasteiger partial charge in [0.15, 0.2) is 0 Å². The first-order valence-corrected chi connectivity index (χ1v) is 7.22. The average molecular weight is 393 g/mol. The van der Waals surface area contributed by atoms with Gasteiger partial charge in [-0.25, -0.2) is 0 Å². The Hall–Kier alpha value is -2.36. The van der Waals surface area contributed by atoms with E-state index in [0.29, 0.717) is 5.56 Å². The van der Waals surface area contributed by atoms with Gasteiger partial charge in [-0.2, -0.15) is 13.2 Å². The van der Waals surface area contributed by atoms with Crippen molar-refractivity contribution in [2.75, 3.05) is 6.61 Å². The predicted octanol–water partition coefficient (Wildman–Crippen LogP) is 4.21. The second-order valence-corrected chi connectivity index (χ2v) is 5.23. The van der Waals surface area contributed by atoms with Crippen LogP contribution in [0.5, 0.6) is 11.5 Å². The number of nitrogens with zero attached hydrogens (tertiary/aromatic N) is 1. The fourth-order valence-corrected chi connectivity index (χ4v) is 2.16. The standard InChI is InChI=1S/C16H15F3N2O4.ClH/c17-16(18,19)11-2-1-3-12(9-11)25-15-5-4-10(13(20)6-7-22)8-14(15)21(23)24;/h1-5,8-9,13,22H,6-7,20H2;1H. The molecule has 6 nitrogen and oxygen atoms in total. The summed E-state index contributed by atoms with van der Waals surface area (Å²) in [5.74, 6) is -0.380. The van der Waals surface area contributed by atoms with E-state index in [9.17, 15) is 23.3 Å². The topological polar surface area (TPSA) is 98.6 Å². The van der Waals surface area contributed by atoms with Crippen molar-refractivity contribution < 1.29 is 27.9 Å². The second kappa shape index (κ2) is 8.84. The Bertz CT molecular complexity index is 771. The number of ether oxygens (including phenoxy) is 1. The number of benzene rings is 2. The zero-order valence-corrected chi connectivity index (χ0v) is 14.1. The fraction of sp³-hybridized carbons (Fsp3) is 0.250. The molecule has 2 aromatic rings. The number of nitro benzene ring substituents is 1. The highest BCUT2D eigenvalue weighted by Gasteiger charge is 2.31. The summed E-state index contributed by atoms with van der Waals surface area (Å²) in [7, 11) is 0. The van der Waals surface area contributed by atoms with E-state index in [-0.39, 0.29) is 36.9 Å². The van der Waals surface area contributed by atoms with Crippen molar-refractivity contribution in [3.8, 4) is 11.5 Å². The quantitative estimate of drug-likeness (QED) is 0.566. The van der Waals surface area contributed by atoms with Crippen molar-refractivity contribution in [2.45, 2.75) is 18.6 Å². The van der Waals surface area contributed by atoms with Crippen LogP contribution < -0.4 is 10.5 Å². The fourth-order valence-electron chi connectivity index (χ4n) is 2.16. The van der Waals surface area contributed by atoms with E-state index in [1.807, 2.05) is 0 Å². The Balaban J connectivity index is 0.00000338. The molecule has 0 fully saturated rings. The van der Waals surface area contributed by atoms with Gasteiger partial charge in [-0.3, -0.25) is 10.1 Å². The molecule has 0 aromatic heterocycles. The van der Waals surface area contributed by atoms with Gasteiger partial charge in [0.25, 0.3) is 0 Å². The number of halogens is 4. The highest BCUT2D eigenvalue weighted by Crippen LogP contribution is 2.36. The number of rotatable bonds is 6. The van der Waals surface area contributed by atoms with Gasteiger partial charge >= 0.3 is 11.9 Å². The molecule has 0 aliphatic rings. The molecule has 26 heavy (non-hydrogen) atoms. The largest absolute Gasteiger partial charge is 0.450 e. The molecule has 0 saturated heterocycles. The molecule has 3 N–H and O–H groups in total. The maximum Gasteiger partial charge on any atom is 0.416 e. The van der Waals surface area contributed by atoms with Crippen LogP contribution in [-0.2, 0) is 6.18 Å². The first-order chi connectivity index (χ1) is 11.7. The summed E-state index contributed by atoms with van der Waals surface area (Å²) in [4.78, 5) is 10.5. The Morgan fingerprint density at radius 2 is 1.92 bits per heavy atom. The number of hydrogen-bond acceptors (Lipinski definition) is 5. The van der Waals surface area contributed by atoms with E-state index >= 15 is 0 Å². The summed E-state index contributed by atoms with van der Waals surface area (Å²) in [6.07, 6.45) is -4.34. The van der Waals surface area contributed by atoms with Crippen molar-refractivity contribution in [3.05, 3.63) is 63.7 Å². The average Bonchev–Trinajstić information content (AvgIpc) is 2.54. The summed E-state index contributed by atoms with van der Waals surface area (Å²) in [6.45, 7) is -0.183. The minimum atomic E-state index is -4.55. The Morgan fingerprint density at radius 3 is 2.50 bits per heavy atom. The van der Waals surface area contributed by atoms with Crippen molar-refractivity contribution in [2.24, 2.45) is 5.73 Å². The molecule has 0 heterocycles. The molecule has 0 radical (unpaired) electrons. The van der Waals surface area contributed by atoms with E-state index in [4.69, 9.17) is 15.6 Å². The summed E-state index contributed by atoms with van der Waals surface area (Å²) in [5, 5.41) is 20.1. The van der Waals surface area contributed by atoms with Gasteiger partial charge in [-0.15, -0.1) is 12.4 Å². The first-order valence-electron chi connectivity index (χ1n) is 7.22. The summed E-state index contributed by atoms with van der Waals surface area (Å²) in [6, 6.07) is 7.36. The predicted molar refractivity (Wildman–Crippen MR) is 90.5 cm³/mol. The van der Waals surface area contributed by atoms with Crippen LogP contribution in [0.15, 0.2) is 42.5 Å². The zero-order chi connectivity index (χ0) is 18.6. The van der Waals surface area contributed by atoms with Crippen LogP contribution in [0.25, 0.3) is 0 Å². The first kappa shape index (κ1) is 21.7. The Morgan fingerprint density at radius 1 is 1.23 bits per heavy atom. The molecule has 0 bridgehead atoms. The molecule has 10 heteroatoms. The van der Waals surface area contributed by atoms with E-state index in [1.54, 1.807) is 0 Å². The monoisotopic (exact) mass is 392 g/mol. The lowest BCUT2D eigenvalue weighted by Crippen LogP contribution is -2.12. The van der Waals surface area contributed by atoms with Crippen LogP contribution in [0.3, 0.4) is 0 Å². The minimum absolute atomic E-state index is 0. The number of nitro groups is 1. The normalized spacial score (nSPS) is 12.2. The molecule has 1 atom stereocenters. The molecule has 1 unspecified atom stereocenters. The SMILES string of the molecule is Cl.NC(CCO)c1ccc(Oc2cccc(C(F)(F)F)c2)c([N+](=O)[O-])c1. The number of hydrogen-bond donors (Lipinski definition) is 2. The molecule has 0 aliphatic carbocycles. The zero-order valence-electron chi connectivity index (χ0n) is 13.3. The van der Waals surface area contributed by atoms with Gasteiger partial charge in [0.05, 0.1) is 10.5 Å². The molecule has 0 amide bonds. The van der Waals surface area contributed by atoms with Crippen LogP contribution in [0, 0.1) is 10.1 Å². The van der Waals surface area contributed by atoms with Crippen molar-refractivity contribution in [1.29, 1.82) is 0 Å². The lowest BCUT2D eigenvalue weighted by molar-refractivity contribution is -0.385. The van der Waals surface area contributed by atoms with E-state index in [2.05, 4.69) is 0 Å². The van der Waals surface area contributed by atoms with Gasteiger partial charge in [-0.05, 0) is 36.2 Å². The summed E-state index contributed by atoms with van der Waals surface area (Å²) < 4.78 is 43.5. The lowest BCUT2D eigenvalue weighted by Gasteiger charge is -2.13. The maximum atomic E-state index is 12.7. The van der Waals surface area contributed by atoms with E-state index in [1.165, 1.54) is 24.3 Å². The van der Waals surface area contributed by atoms with E-state index < -0.39 is 28.4 Å². The molecule has 0 saturated carbocycles. The van der Waals surface area contributed by atoms with Crippen LogP contribution in [0.1, 0.15) is 23.6 Å². The smallest absolute Gasteiger partial charge is 0.416 e. The minimum Gasteiger partial charge on any atom is -0.450 e. The van der Waals surface area contributed by atoms with Crippen LogP contribution in [0.4, 0.5) is 18.9 Å². The highest BCUT2D eigenvalue weighted by molar-refractivity contribution is 5.85. The maximum absolute atomic E-state index is 12.7. The van der Waals surface area contributed by atoms with Gasteiger partial charge in [0.1, 0.15) is 5.75 Å². The Labute approximate surface area is 152 Å². The molecule has 2 rings (SSSR count). The lowest BCUT2D eigenvalue weighted by atomic mass is 10.0. The van der Waals surface area contributed by atoms with Gasteiger partial charge in [-0.1, -0.05) is 12.1 Å². The highest BCUT2D eigenvalue weighted by atomic mass is 35.5. The molecular formula is C16H16ClF3N2O4. The molecule has 0 spiro atoms. The third-order valence-electron chi connectivity index (χ3n) is 3.44. The van der Waals surface area contributed by atoms with Crippen LogP contribution >= 0.6 is 12.4 Å². The number of aliphatic hydroxyl groups excluding tert-OH is 1. The molecule has 142 valence electrons. The second-order valence-electron chi connectivity index (χ2n) is 5.23. The molecule has 0 aliphatic heterocycles. The van der Waals surface area contributed by atoms with Crippen LogP contribution in [0.2, 0.25) is 0 Å². The van der Waals surface area contributed by atoms with Gasteiger partial charge in [0.2, 0.25) is 5.75 Å². The van der Waals surface area contributed by atoms with Crippen molar-refractivity contribution in [3.63, 3.8) is 0 Å². The number of aliphatic hydroxyl groups is 1. The Kier molecular flexibility index (Phi) is 7.37. The summed E-state index contributed by atoms with van der Waals surface area (Å²) in [5.41, 5.74) is 4.86. The number of nitrogens with two attached hydrogens (primary N) is 1. The third kappa shape index (κ3) is 5.32. The summed E-state index contributed by atoms with van der Waals surface area (Å²) >= 11 is 0. The molecule has 2 aromatic carbocycles. The van der Waals surface area contributed by atoms with Crippen LogP contribution in [-0.4, -0.2) is 16.6 Å². The van der Waals surface area contributed by atoms with Gasteiger partial charge in [0, 0.05) is 18.7 Å². The van der Waals surface area contributed by atoms with E-state index in [0.717, 1.165) is 18.2 Å². The number of alkyl halides is 3. The molecular weight excluding hydrogens is 377 g/mol. The van der Waals surface area contributed by atoms with Crippen molar-refractivity contribution >= 4 is 18.1 Å².